The maximum atomic E-state index is 6.24. The second kappa shape index (κ2) is 10.3. The molecule has 0 heterocycles. The summed E-state index contributed by atoms with van der Waals surface area (Å²) >= 11 is 9.75. The summed E-state index contributed by atoms with van der Waals surface area (Å²) in [4.78, 5) is 4.59. The first-order valence-corrected chi connectivity index (χ1v) is 10.9. The zero-order valence-corrected chi connectivity index (χ0v) is 18.9. The second-order valence-electron chi connectivity index (χ2n) is 6.73. The minimum atomic E-state index is 0.383. The molecular formula is C26H19BrClNO2. The number of hydrogen-bond donors (Lipinski definition) is 0. The third kappa shape index (κ3) is 5.97. The Morgan fingerprint density at radius 3 is 2.29 bits per heavy atom. The highest BCUT2D eigenvalue weighted by molar-refractivity contribution is 9.10. The van der Waals surface area contributed by atoms with Crippen LogP contribution in [0.25, 0.3) is 0 Å². The van der Waals surface area contributed by atoms with Crippen LogP contribution in [0, 0.1) is 0 Å². The molecule has 3 nitrogen and oxygen atoms in total. The molecule has 4 rings (SSSR count). The van der Waals surface area contributed by atoms with Gasteiger partial charge in [-0.2, -0.15) is 0 Å². The summed E-state index contributed by atoms with van der Waals surface area (Å²) in [5.41, 5.74) is 2.62. The van der Waals surface area contributed by atoms with Crippen LogP contribution in [0.5, 0.6) is 17.2 Å². The van der Waals surface area contributed by atoms with Gasteiger partial charge >= 0.3 is 0 Å². The fraction of sp³-hybridized carbons (Fsp3) is 0.0385. The molecule has 0 unspecified atom stereocenters. The van der Waals surface area contributed by atoms with Gasteiger partial charge in [0.2, 0.25) is 0 Å². The maximum absolute atomic E-state index is 6.24. The predicted octanol–water partition coefficient (Wildman–Crippen LogP) is 8.22. The van der Waals surface area contributed by atoms with Crippen LogP contribution in [-0.4, -0.2) is 6.21 Å². The molecule has 4 aromatic carbocycles. The molecule has 0 aromatic heterocycles. The average molecular weight is 493 g/mol. The van der Waals surface area contributed by atoms with E-state index >= 15 is 0 Å². The number of hydrogen-bond acceptors (Lipinski definition) is 3. The summed E-state index contributed by atoms with van der Waals surface area (Å²) in [6, 6.07) is 30.8. The van der Waals surface area contributed by atoms with Crippen molar-refractivity contribution >= 4 is 39.4 Å². The van der Waals surface area contributed by atoms with E-state index in [9.17, 15) is 0 Å². The van der Waals surface area contributed by atoms with Gasteiger partial charge in [-0.25, -0.2) is 0 Å². The minimum absolute atomic E-state index is 0.383. The molecule has 5 heteroatoms. The monoisotopic (exact) mass is 491 g/mol. The van der Waals surface area contributed by atoms with Gasteiger partial charge in [-0.1, -0.05) is 63.9 Å². The standard InChI is InChI=1S/C26H19BrClNO2/c27-21-10-15-26(30-18-19-6-4-5-9-25(19)28)20(16-21)17-29-22-11-13-24(14-12-22)31-23-7-2-1-3-8-23/h1-17H,18H2. The Hall–Kier alpha value is -3.08. The number of rotatable bonds is 7. The summed E-state index contributed by atoms with van der Waals surface area (Å²) in [5, 5.41) is 0.688. The predicted molar refractivity (Wildman–Crippen MR) is 130 cm³/mol. The van der Waals surface area contributed by atoms with Gasteiger partial charge in [0.25, 0.3) is 0 Å². The molecule has 0 amide bonds. The van der Waals surface area contributed by atoms with Crippen LogP contribution in [0.3, 0.4) is 0 Å². The smallest absolute Gasteiger partial charge is 0.128 e. The topological polar surface area (TPSA) is 30.8 Å². The molecule has 0 bridgehead atoms. The highest BCUT2D eigenvalue weighted by Gasteiger charge is 2.06. The molecule has 0 N–H and O–H groups in total. The van der Waals surface area contributed by atoms with Crippen LogP contribution in [0.15, 0.2) is 107 Å². The number of para-hydroxylation sites is 1. The first-order chi connectivity index (χ1) is 15.2. The first-order valence-electron chi connectivity index (χ1n) is 9.70. The Kier molecular flexibility index (Phi) is 7.03. The number of benzene rings is 4. The number of nitrogens with zero attached hydrogens (tertiary/aromatic N) is 1. The van der Waals surface area contributed by atoms with Crippen LogP contribution in [-0.2, 0) is 6.61 Å². The van der Waals surface area contributed by atoms with Crippen molar-refractivity contribution in [2.45, 2.75) is 6.61 Å². The first kappa shape index (κ1) is 21.2. The van der Waals surface area contributed by atoms with Gasteiger partial charge in [0.15, 0.2) is 0 Å². The van der Waals surface area contributed by atoms with E-state index in [-0.39, 0.29) is 0 Å². The van der Waals surface area contributed by atoms with Gasteiger partial charge in [-0.05, 0) is 60.7 Å². The fourth-order valence-corrected chi connectivity index (χ4v) is 3.46. The summed E-state index contributed by atoms with van der Waals surface area (Å²) in [5.74, 6) is 2.29. The zero-order chi connectivity index (χ0) is 21.5. The molecule has 0 radical (unpaired) electrons. The summed E-state index contributed by atoms with van der Waals surface area (Å²) in [7, 11) is 0. The largest absolute Gasteiger partial charge is 0.488 e. The van der Waals surface area contributed by atoms with E-state index in [1.54, 1.807) is 6.21 Å². The fourth-order valence-electron chi connectivity index (χ4n) is 2.89. The molecule has 4 aromatic rings. The Morgan fingerprint density at radius 1 is 0.806 bits per heavy atom. The second-order valence-corrected chi connectivity index (χ2v) is 8.05. The molecule has 0 aliphatic carbocycles. The van der Waals surface area contributed by atoms with Crippen molar-refractivity contribution in [1.29, 1.82) is 0 Å². The Balaban J connectivity index is 1.47. The highest BCUT2D eigenvalue weighted by Crippen LogP contribution is 2.26. The van der Waals surface area contributed by atoms with E-state index in [1.807, 2.05) is 97.1 Å². The van der Waals surface area contributed by atoms with Crippen LogP contribution in [0.4, 0.5) is 5.69 Å². The van der Waals surface area contributed by atoms with Crippen LogP contribution >= 0.6 is 27.5 Å². The van der Waals surface area contributed by atoms with E-state index in [4.69, 9.17) is 21.1 Å². The lowest BCUT2D eigenvalue weighted by molar-refractivity contribution is 0.306. The van der Waals surface area contributed by atoms with Crippen molar-refractivity contribution in [2.24, 2.45) is 4.99 Å². The molecule has 0 spiro atoms. The van der Waals surface area contributed by atoms with Crippen molar-refractivity contribution < 1.29 is 9.47 Å². The number of aliphatic imine (C=N–C) groups is 1. The molecule has 0 saturated heterocycles. The Morgan fingerprint density at radius 2 is 1.52 bits per heavy atom. The quantitative estimate of drug-likeness (QED) is 0.243. The molecule has 31 heavy (non-hydrogen) atoms. The molecular weight excluding hydrogens is 474 g/mol. The summed E-state index contributed by atoms with van der Waals surface area (Å²) in [6.45, 7) is 0.383. The van der Waals surface area contributed by atoms with Crippen molar-refractivity contribution in [3.63, 3.8) is 0 Å². The van der Waals surface area contributed by atoms with E-state index in [2.05, 4.69) is 20.9 Å². The van der Waals surface area contributed by atoms with E-state index < -0.39 is 0 Å². The number of halogens is 2. The van der Waals surface area contributed by atoms with Gasteiger partial charge in [0.1, 0.15) is 23.9 Å². The van der Waals surface area contributed by atoms with Gasteiger partial charge in [0.05, 0.1) is 5.69 Å². The lowest BCUT2D eigenvalue weighted by Crippen LogP contribution is -1.99. The Bertz CT molecular complexity index is 1180. The number of ether oxygens (including phenoxy) is 2. The Labute approximate surface area is 195 Å². The molecule has 0 saturated carbocycles. The lowest BCUT2D eigenvalue weighted by atomic mass is 10.2. The maximum Gasteiger partial charge on any atom is 0.128 e. The SMILES string of the molecule is Clc1ccccc1COc1ccc(Br)cc1C=Nc1ccc(Oc2ccccc2)cc1. The summed E-state index contributed by atoms with van der Waals surface area (Å²) < 4.78 is 12.8. The van der Waals surface area contributed by atoms with Gasteiger partial charge in [0, 0.05) is 26.8 Å². The third-order valence-corrected chi connectivity index (χ3v) is 5.34. The van der Waals surface area contributed by atoms with E-state index in [0.717, 1.165) is 38.5 Å². The van der Waals surface area contributed by atoms with Crippen LogP contribution in [0.2, 0.25) is 5.02 Å². The van der Waals surface area contributed by atoms with E-state index in [1.165, 1.54) is 0 Å². The van der Waals surface area contributed by atoms with Gasteiger partial charge in [-0.3, -0.25) is 4.99 Å². The van der Waals surface area contributed by atoms with Crippen molar-refractivity contribution in [1.82, 2.24) is 0 Å². The summed E-state index contributed by atoms with van der Waals surface area (Å²) in [6.07, 6.45) is 1.79. The molecule has 0 fully saturated rings. The van der Waals surface area contributed by atoms with Crippen molar-refractivity contribution in [3.8, 4) is 17.2 Å². The highest BCUT2D eigenvalue weighted by atomic mass is 79.9. The zero-order valence-electron chi connectivity index (χ0n) is 16.5. The molecule has 0 aliphatic rings. The van der Waals surface area contributed by atoms with Crippen molar-refractivity contribution in [2.75, 3.05) is 0 Å². The molecule has 154 valence electrons. The third-order valence-electron chi connectivity index (χ3n) is 4.48. The normalized spacial score (nSPS) is 10.9. The molecule has 0 aliphatic heterocycles. The van der Waals surface area contributed by atoms with Gasteiger partial charge < -0.3 is 9.47 Å². The lowest BCUT2D eigenvalue weighted by Gasteiger charge is -2.10. The van der Waals surface area contributed by atoms with Crippen LogP contribution in [0.1, 0.15) is 11.1 Å². The van der Waals surface area contributed by atoms with Crippen LogP contribution < -0.4 is 9.47 Å². The van der Waals surface area contributed by atoms with E-state index in [0.29, 0.717) is 11.6 Å². The minimum Gasteiger partial charge on any atom is -0.488 e. The molecule has 0 atom stereocenters. The van der Waals surface area contributed by atoms with Crippen molar-refractivity contribution in [3.05, 3.63) is 118 Å². The average Bonchev–Trinajstić information content (AvgIpc) is 2.80. The van der Waals surface area contributed by atoms with Gasteiger partial charge in [-0.15, -0.1) is 0 Å².